The van der Waals surface area contributed by atoms with Crippen LogP contribution in [-0.2, 0) is 22.6 Å². The predicted octanol–water partition coefficient (Wildman–Crippen LogP) is 1.93. The molecule has 0 bridgehead atoms. The van der Waals surface area contributed by atoms with E-state index in [1.54, 1.807) is 7.11 Å². The number of nitrogens with two attached hydrogens (primary N) is 1. The van der Waals surface area contributed by atoms with Crippen LogP contribution < -0.4 is 5.73 Å². The predicted molar refractivity (Wildman–Crippen MR) is 70.8 cm³/mol. The molecule has 0 fully saturated rings. The van der Waals surface area contributed by atoms with E-state index in [0.29, 0.717) is 19.5 Å². The van der Waals surface area contributed by atoms with E-state index in [1.807, 2.05) is 30.0 Å². The SMILES string of the molecule is COC(C)CCC(=O)N1Cc2ccc(N)cc2C1. The van der Waals surface area contributed by atoms with Crippen molar-refractivity contribution in [3.05, 3.63) is 29.3 Å². The molecule has 1 heterocycles. The van der Waals surface area contributed by atoms with Crippen LogP contribution in [0.5, 0.6) is 0 Å². The first kappa shape index (κ1) is 12.9. The van der Waals surface area contributed by atoms with Crippen LogP contribution in [0.2, 0.25) is 0 Å². The van der Waals surface area contributed by atoms with Gasteiger partial charge in [-0.25, -0.2) is 0 Å². The third kappa shape index (κ3) is 2.82. The fourth-order valence-electron chi connectivity index (χ4n) is 2.19. The summed E-state index contributed by atoms with van der Waals surface area (Å²) in [6.07, 6.45) is 1.44. The maximum absolute atomic E-state index is 12.1. The number of anilines is 1. The van der Waals surface area contributed by atoms with Crippen LogP contribution in [0.1, 0.15) is 30.9 Å². The van der Waals surface area contributed by atoms with Gasteiger partial charge in [-0.05, 0) is 36.6 Å². The van der Waals surface area contributed by atoms with Crippen molar-refractivity contribution in [2.45, 2.75) is 39.0 Å². The number of methoxy groups -OCH3 is 1. The monoisotopic (exact) mass is 248 g/mol. The molecule has 1 atom stereocenters. The minimum atomic E-state index is 0.134. The van der Waals surface area contributed by atoms with Crippen molar-refractivity contribution in [2.24, 2.45) is 0 Å². The van der Waals surface area contributed by atoms with Gasteiger partial charge in [0, 0.05) is 32.3 Å². The molecular formula is C14H20N2O2. The molecule has 18 heavy (non-hydrogen) atoms. The number of hydrogen-bond acceptors (Lipinski definition) is 3. The summed E-state index contributed by atoms with van der Waals surface area (Å²) < 4.78 is 5.15. The molecule has 0 aromatic heterocycles. The van der Waals surface area contributed by atoms with Gasteiger partial charge in [0.25, 0.3) is 0 Å². The van der Waals surface area contributed by atoms with Gasteiger partial charge in [-0.2, -0.15) is 0 Å². The topological polar surface area (TPSA) is 55.6 Å². The van der Waals surface area contributed by atoms with Crippen LogP contribution in [0.25, 0.3) is 0 Å². The summed E-state index contributed by atoms with van der Waals surface area (Å²) in [4.78, 5) is 13.9. The van der Waals surface area contributed by atoms with E-state index in [2.05, 4.69) is 0 Å². The van der Waals surface area contributed by atoms with Gasteiger partial charge < -0.3 is 15.4 Å². The number of nitrogen functional groups attached to an aromatic ring is 1. The van der Waals surface area contributed by atoms with E-state index in [0.717, 1.165) is 12.1 Å². The molecule has 0 saturated heterocycles. The highest BCUT2D eigenvalue weighted by Crippen LogP contribution is 2.25. The molecule has 0 saturated carbocycles. The van der Waals surface area contributed by atoms with Crippen molar-refractivity contribution in [2.75, 3.05) is 12.8 Å². The van der Waals surface area contributed by atoms with E-state index in [9.17, 15) is 4.79 Å². The van der Waals surface area contributed by atoms with Crippen molar-refractivity contribution in [3.8, 4) is 0 Å². The number of benzene rings is 1. The van der Waals surface area contributed by atoms with Crippen molar-refractivity contribution < 1.29 is 9.53 Å². The fraction of sp³-hybridized carbons (Fsp3) is 0.500. The third-order valence-electron chi connectivity index (χ3n) is 3.47. The first-order valence-corrected chi connectivity index (χ1v) is 6.28. The molecule has 0 aliphatic carbocycles. The number of ether oxygens (including phenoxy) is 1. The lowest BCUT2D eigenvalue weighted by Gasteiger charge is -2.16. The summed E-state index contributed by atoms with van der Waals surface area (Å²) in [5.41, 5.74) is 8.88. The number of amides is 1. The smallest absolute Gasteiger partial charge is 0.223 e. The third-order valence-corrected chi connectivity index (χ3v) is 3.47. The molecule has 1 aliphatic heterocycles. The minimum Gasteiger partial charge on any atom is -0.399 e. The minimum absolute atomic E-state index is 0.134. The zero-order valence-corrected chi connectivity index (χ0v) is 11.0. The first-order valence-electron chi connectivity index (χ1n) is 6.28. The Bertz CT molecular complexity index is 445. The number of carbonyl (C=O) groups excluding carboxylic acids is 1. The van der Waals surface area contributed by atoms with E-state index in [1.165, 1.54) is 11.1 Å². The molecule has 98 valence electrons. The van der Waals surface area contributed by atoms with E-state index in [4.69, 9.17) is 10.5 Å². The lowest BCUT2D eigenvalue weighted by Crippen LogP contribution is -2.26. The largest absolute Gasteiger partial charge is 0.399 e. The lowest BCUT2D eigenvalue weighted by molar-refractivity contribution is -0.132. The number of hydrogen-bond donors (Lipinski definition) is 1. The standard InChI is InChI=1S/C14H20N2O2/c1-10(18-2)3-6-14(17)16-8-11-4-5-13(15)7-12(11)9-16/h4-5,7,10H,3,6,8-9,15H2,1-2H3. The highest BCUT2D eigenvalue weighted by atomic mass is 16.5. The van der Waals surface area contributed by atoms with Crippen LogP contribution in [0.3, 0.4) is 0 Å². The van der Waals surface area contributed by atoms with Gasteiger partial charge in [0.1, 0.15) is 0 Å². The Balaban J connectivity index is 1.92. The highest BCUT2D eigenvalue weighted by Gasteiger charge is 2.23. The molecule has 1 unspecified atom stereocenters. The average molecular weight is 248 g/mol. The molecule has 0 radical (unpaired) electrons. The number of nitrogens with zero attached hydrogens (tertiary/aromatic N) is 1. The van der Waals surface area contributed by atoms with Gasteiger partial charge in [-0.1, -0.05) is 6.07 Å². The summed E-state index contributed by atoms with van der Waals surface area (Å²) in [5, 5.41) is 0. The highest BCUT2D eigenvalue weighted by molar-refractivity contribution is 5.77. The molecule has 1 aromatic carbocycles. The molecule has 1 amide bonds. The van der Waals surface area contributed by atoms with Crippen LogP contribution in [0, 0.1) is 0 Å². The lowest BCUT2D eigenvalue weighted by atomic mass is 10.1. The second-order valence-electron chi connectivity index (χ2n) is 4.86. The molecule has 2 N–H and O–H groups in total. The Morgan fingerprint density at radius 3 is 2.89 bits per heavy atom. The zero-order valence-electron chi connectivity index (χ0n) is 11.0. The summed E-state index contributed by atoms with van der Waals surface area (Å²) in [6, 6.07) is 5.86. The molecule has 2 rings (SSSR count). The normalized spacial score (nSPS) is 15.6. The number of carbonyl (C=O) groups is 1. The van der Waals surface area contributed by atoms with Crippen LogP contribution >= 0.6 is 0 Å². The van der Waals surface area contributed by atoms with Crippen molar-refractivity contribution in [3.63, 3.8) is 0 Å². The molecule has 1 aliphatic rings. The van der Waals surface area contributed by atoms with Gasteiger partial charge in [-0.15, -0.1) is 0 Å². The zero-order chi connectivity index (χ0) is 13.1. The maximum Gasteiger partial charge on any atom is 0.223 e. The van der Waals surface area contributed by atoms with E-state index >= 15 is 0 Å². The molecular weight excluding hydrogens is 228 g/mol. The summed E-state index contributed by atoms with van der Waals surface area (Å²) in [6.45, 7) is 3.36. The number of fused-ring (bicyclic) bond motifs is 1. The fourth-order valence-corrected chi connectivity index (χ4v) is 2.19. The van der Waals surface area contributed by atoms with Crippen molar-refractivity contribution in [1.29, 1.82) is 0 Å². The van der Waals surface area contributed by atoms with Crippen LogP contribution in [0.15, 0.2) is 18.2 Å². The average Bonchev–Trinajstić information content (AvgIpc) is 2.78. The number of rotatable bonds is 4. The quantitative estimate of drug-likeness (QED) is 0.828. The summed E-state index contributed by atoms with van der Waals surface area (Å²) in [5.74, 6) is 0.189. The van der Waals surface area contributed by atoms with Gasteiger partial charge in [-0.3, -0.25) is 4.79 Å². The van der Waals surface area contributed by atoms with Gasteiger partial charge in [0.15, 0.2) is 0 Å². The van der Waals surface area contributed by atoms with Crippen LogP contribution in [0.4, 0.5) is 5.69 Å². The molecule has 0 spiro atoms. The first-order chi connectivity index (χ1) is 8.60. The van der Waals surface area contributed by atoms with Crippen molar-refractivity contribution >= 4 is 11.6 Å². The Hall–Kier alpha value is -1.55. The Kier molecular flexibility index (Phi) is 3.87. The molecule has 4 heteroatoms. The summed E-state index contributed by atoms with van der Waals surface area (Å²) >= 11 is 0. The van der Waals surface area contributed by atoms with E-state index in [-0.39, 0.29) is 12.0 Å². The van der Waals surface area contributed by atoms with E-state index < -0.39 is 0 Å². The second kappa shape index (κ2) is 5.40. The van der Waals surface area contributed by atoms with Gasteiger partial charge >= 0.3 is 0 Å². The molecule has 1 aromatic rings. The Morgan fingerprint density at radius 1 is 1.44 bits per heavy atom. The Labute approximate surface area is 108 Å². The van der Waals surface area contributed by atoms with Crippen molar-refractivity contribution in [1.82, 2.24) is 4.90 Å². The Morgan fingerprint density at radius 2 is 2.17 bits per heavy atom. The van der Waals surface area contributed by atoms with Gasteiger partial charge in [0.05, 0.1) is 6.10 Å². The van der Waals surface area contributed by atoms with Gasteiger partial charge in [0.2, 0.25) is 5.91 Å². The van der Waals surface area contributed by atoms with Crippen LogP contribution in [-0.4, -0.2) is 24.0 Å². The maximum atomic E-state index is 12.1. The second-order valence-corrected chi connectivity index (χ2v) is 4.86. The summed E-state index contributed by atoms with van der Waals surface area (Å²) in [7, 11) is 1.67. The molecule has 4 nitrogen and oxygen atoms in total.